The molecule has 0 bridgehead atoms. The molecule has 1 rings (SSSR count). The van der Waals surface area contributed by atoms with E-state index in [1.807, 2.05) is 0 Å². The van der Waals surface area contributed by atoms with Crippen molar-refractivity contribution in [3.63, 3.8) is 0 Å². The lowest BCUT2D eigenvalue weighted by Gasteiger charge is -2.04. The minimum Gasteiger partial charge on any atom is -0.426 e. The van der Waals surface area contributed by atoms with Gasteiger partial charge < -0.3 is 4.74 Å². The van der Waals surface area contributed by atoms with Crippen molar-refractivity contribution in [3.05, 3.63) is 29.8 Å². The summed E-state index contributed by atoms with van der Waals surface area (Å²) in [4.78, 5) is 11.0. The molecule has 0 aliphatic rings. The van der Waals surface area contributed by atoms with Crippen LogP contribution in [0.2, 0.25) is 0 Å². The van der Waals surface area contributed by atoms with Gasteiger partial charge >= 0.3 is 5.97 Å². The summed E-state index contributed by atoms with van der Waals surface area (Å²) in [5.74, 6) is -1.92. The first-order chi connectivity index (χ1) is 7.40. The molecule has 16 heavy (non-hydrogen) atoms. The summed E-state index contributed by atoms with van der Waals surface area (Å²) in [6, 6.07) is 6.36. The van der Waals surface area contributed by atoms with Crippen molar-refractivity contribution >= 4 is 23.9 Å². The van der Waals surface area contributed by atoms with E-state index in [4.69, 9.17) is 17.1 Å². The van der Waals surface area contributed by atoms with Gasteiger partial charge in [-0.2, -0.15) is 8.42 Å². The highest BCUT2D eigenvalue weighted by Crippen LogP contribution is 2.13. The van der Waals surface area contributed by atoms with Crippen LogP contribution in [0.25, 0.3) is 0 Å². The van der Waals surface area contributed by atoms with Gasteiger partial charge in [0.1, 0.15) is 5.75 Å². The summed E-state index contributed by atoms with van der Waals surface area (Å²) < 4.78 is 33.9. The Morgan fingerprint density at radius 3 is 2.69 bits per heavy atom. The normalized spacial score (nSPS) is 11.1. The summed E-state index contributed by atoms with van der Waals surface area (Å²) in [6.45, 7) is 0. The molecule has 0 unspecified atom stereocenters. The Balaban J connectivity index is 2.70. The van der Waals surface area contributed by atoms with Crippen LogP contribution in [0.4, 0.5) is 0 Å². The highest BCUT2D eigenvalue weighted by atomic mass is 32.2. The molecule has 0 spiro atoms. The molecule has 0 saturated carbocycles. The fourth-order valence-electron chi connectivity index (χ4n) is 1.05. The standard InChI is InChI=1S/C9H9BO5S/c10-5-7-2-1-3-8(4-7)15-9(11)6-16(12,13)14/h1-4H,5-6H2,(H,12,13,14). The van der Waals surface area contributed by atoms with Gasteiger partial charge in [-0.25, -0.2) is 0 Å². The number of esters is 1. The average Bonchev–Trinajstić information content (AvgIpc) is 2.15. The molecule has 0 aliphatic carbocycles. The molecule has 0 aliphatic heterocycles. The van der Waals surface area contributed by atoms with Crippen LogP contribution in [-0.2, 0) is 21.2 Å². The Morgan fingerprint density at radius 1 is 1.44 bits per heavy atom. The zero-order valence-corrected chi connectivity index (χ0v) is 9.11. The molecular weight excluding hydrogens is 231 g/mol. The molecule has 0 amide bonds. The third-order valence-corrected chi connectivity index (χ3v) is 2.27. The van der Waals surface area contributed by atoms with Gasteiger partial charge in [0, 0.05) is 0 Å². The molecule has 5 nitrogen and oxygen atoms in total. The lowest BCUT2D eigenvalue weighted by molar-refractivity contribution is -0.131. The Labute approximate surface area is 94.6 Å². The van der Waals surface area contributed by atoms with Gasteiger partial charge in [0.15, 0.2) is 5.75 Å². The van der Waals surface area contributed by atoms with Crippen molar-refractivity contribution in [3.8, 4) is 5.75 Å². The van der Waals surface area contributed by atoms with Gasteiger partial charge in [-0.15, -0.1) is 0 Å². The van der Waals surface area contributed by atoms with E-state index in [1.54, 1.807) is 12.1 Å². The van der Waals surface area contributed by atoms with Crippen LogP contribution in [0.15, 0.2) is 24.3 Å². The molecule has 1 aromatic rings. The van der Waals surface area contributed by atoms with Gasteiger partial charge in [0.25, 0.3) is 10.1 Å². The summed E-state index contributed by atoms with van der Waals surface area (Å²) in [5, 5.41) is 0. The van der Waals surface area contributed by atoms with Crippen molar-refractivity contribution in [1.82, 2.24) is 0 Å². The summed E-state index contributed by atoms with van der Waals surface area (Å²) >= 11 is 0. The van der Waals surface area contributed by atoms with E-state index < -0.39 is 21.8 Å². The fourth-order valence-corrected chi connectivity index (χ4v) is 1.40. The molecule has 0 heterocycles. The van der Waals surface area contributed by atoms with E-state index in [0.29, 0.717) is 0 Å². The predicted molar refractivity (Wildman–Crippen MR) is 58.0 cm³/mol. The first-order valence-corrected chi connectivity index (χ1v) is 5.96. The molecule has 1 aromatic carbocycles. The maximum atomic E-state index is 11.0. The van der Waals surface area contributed by atoms with E-state index in [2.05, 4.69) is 0 Å². The molecule has 0 fully saturated rings. The van der Waals surface area contributed by atoms with Crippen LogP contribution in [0.3, 0.4) is 0 Å². The van der Waals surface area contributed by atoms with Gasteiger partial charge in [-0.1, -0.05) is 24.0 Å². The smallest absolute Gasteiger partial charge is 0.329 e. The molecule has 1 N–H and O–H groups in total. The zero-order chi connectivity index (χ0) is 12.2. The molecule has 7 heteroatoms. The quantitative estimate of drug-likeness (QED) is 0.350. The summed E-state index contributed by atoms with van der Waals surface area (Å²) in [7, 11) is 1.02. The van der Waals surface area contributed by atoms with Gasteiger partial charge in [0.2, 0.25) is 0 Å². The van der Waals surface area contributed by atoms with E-state index in [9.17, 15) is 13.2 Å². The highest BCUT2D eigenvalue weighted by molar-refractivity contribution is 7.86. The van der Waals surface area contributed by atoms with Crippen molar-refractivity contribution in [2.75, 3.05) is 5.75 Å². The second-order valence-electron chi connectivity index (χ2n) is 3.05. The van der Waals surface area contributed by atoms with Gasteiger partial charge in [-0.05, 0) is 12.1 Å². The Bertz CT molecular complexity index is 482. The monoisotopic (exact) mass is 240 g/mol. The third-order valence-electron chi connectivity index (χ3n) is 1.67. The third kappa shape index (κ3) is 4.46. The van der Waals surface area contributed by atoms with E-state index in [0.717, 1.165) is 5.56 Å². The Kier molecular flexibility index (Phi) is 4.08. The van der Waals surface area contributed by atoms with Crippen LogP contribution in [-0.4, -0.2) is 32.5 Å². The highest BCUT2D eigenvalue weighted by Gasteiger charge is 2.14. The number of ether oxygens (including phenoxy) is 1. The maximum Gasteiger partial charge on any atom is 0.329 e. The van der Waals surface area contributed by atoms with Crippen molar-refractivity contribution in [2.45, 2.75) is 6.32 Å². The lowest BCUT2D eigenvalue weighted by atomic mass is 9.97. The van der Waals surface area contributed by atoms with Crippen LogP contribution >= 0.6 is 0 Å². The Hall–Kier alpha value is -1.34. The number of benzene rings is 1. The van der Waals surface area contributed by atoms with E-state index in [1.165, 1.54) is 12.1 Å². The predicted octanol–water partition coefficient (Wildman–Crippen LogP) is 0.148. The largest absolute Gasteiger partial charge is 0.426 e. The number of rotatable bonds is 4. The molecule has 84 valence electrons. The van der Waals surface area contributed by atoms with Crippen LogP contribution in [0, 0.1) is 0 Å². The molecular formula is C9H9BO5S. The lowest BCUT2D eigenvalue weighted by Crippen LogP contribution is -2.20. The molecule has 0 aromatic heterocycles. The van der Waals surface area contributed by atoms with E-state index >= 15 is 0 Å². The SMILES string of the molecule is [B]Cc1cccc(OC(=O)CS(=O)(=O)O)c1. The minimum absolute atomic E-state index is 0.191. The first-order valence-electron chi connectivity index (χ1n) is 4.35. The van der Waals surface area contributed by atoms with Gasteiger partial charge in [-0.3, -0.25) is 9.35 Å². The fraction of sp³-hybridized carbons (Fsp3) is 0.222. The van der Waals surface area contributed by atoms with E-state index in [-0.39, 0.29) is 12.1 Å². The zero-order valence-electron chi connectivity index (χ0n) is 8.29. The number of carbonyl (C=O) groups excluding carboxylic acids is 1. The van der Waals surface area contributed by atoms with Crippen LogP contribution < -0.4 is 4.74 Å². The number of hydrogen-bond donors (Lipinski definition) is 1. The van der Waals surface area contributed by atoms with Crippen LogP contribution in [0.1, 0.15) is 5.56 Å². The van der Waals surface area contributed by atoms with Crippen molar-refractivity contribution in [1.29, 1.82) is 0 Å². The van der Waals surface area contributed by atoms with Crippen molar-refractivity contribution < 1.29 is 22.5 Å². The second-order valence-corrected chi connectivity index (χ2v) is 4.50. The minimum atomic E-state index is -4.36. The number of carbonyl (C=O) groups is 1. The maximum absolute atomic E-state index is 11.0. The average molecular weight is 240 g/mol. The molecule has 2 radical (unpaired) electrons. The molecule has 0 atom stereocenters. The first kappa shape index (κ1) is 12.7. The Morgan fingerprint density at radius 2 is 2.12 bits per heavy atom. The summed E-state index contributed by atoms with van der Waals surface area (Å²) in [5.41, 5.74) is 0.747. The van der Waals surface area contributed by atoms with Crippen molar-refractivity contribution in [2.24, 2.45) is 0 Å². The number of hydrogen-bond acceptors (Lipinski definition) is 4. The second kappa shape index (κ2) is 5.13. The van der Waals surface area contributed by atoms with Gasteiger partial charge in [0.05, 0.1) is 7.85 Å². The molecule has 0 saturated heterocycles. The summed E-state index contributed by atoms with van der Waals surface area (Å²) in [6.07, 6.45) is 0.281. The topological polar surface area (TPSA) is 80.7 Å². The van der Waals surface area contributed by atoms with Crippen LogP contribution in [0.5, 0.6) is 5.75 Å².